The summed E-state index contributed by atoms with van der Waals surface area (Å²) in [6.45, 7) is 2.73. The number of hydrogen-bond donors (Lipinski definition) is 1. The SMILES string of the molecule is Cc1cnc(CNC2CC[C@@H]3C[C@H]23)o1. The van der Waals surface area contributed by atoms with Gasteiger partial charge in [-0.1, -0.05) is 0 Å². The molecule has 0 bridgehead atoms. The molecule has 1 heterocycles. The molecule has 3 rings (SSSR count). The van der Waals surface area contributed by atoms with E-state index in [-0.39, 0.29) is 0 Å². The second kappa shape index (κ2) is 3.09. The van der Waals surface area contributed by atoms with Gasteiger partial charge in [-0.15, -0.1) is 0 Å². The van der Waals surface area contributed by atoms with Gasteiger partial charge in [0.2, 0.25) is 5.89 Å². The number of nitrogens with zero attached hydrogens (tertiary/aromatic N) is 1. The van der Waals surface area contributed by atoms with Crippen LogP contribution in [-0.2, 0) is 6.54 Å². The Kier molecular flexibility index (Phi) is 1.87. The van der Waals surface area contributed by atoms with E-state index < -0.39 is 0 Å². The third-order valence-electron chi connectivity index (χ3n) is 3.53. The van der Waals surface area contributed by atoms with Crippen LogP contribution in [0.3, 0.4) is 0 Å². The van der Waals surface area contributed by atoms with Crippen LogP contribution in [0.15, 0.2) is 10.6 Å². The lowest BCUT2D eigenvalue weighted by molar-refractivity contribution is 0.406. The summed E-state index contributed by atoms with van der Waals surface area (Å²) in [7, 11) is 0. The Bertz CT molecular complexity index is 334. The lowest BCUT2D eigenvalue weighted by atomic mass is 10.2. The maximum atomic E-state index is 5.42. The standard InChI is InChI=1S/C11H16N2O/c1-7-5-13-11(14-7)6-12-10-3-2-8-4-9(8)10/h5,8-10,12H,2-4,6H2,1H3/t8-,9+,10?/m1/s1. The number of nitrogens with one attached hydrogen (secondary N) is 1. The molecule has 0 aromatic carbocycles. The van der Waals surface area contributed by atoms with Gasteiger partial charge in [0.1, 0.15) is 5.76 Å². The van der Waals surface area contributed by atoms with E-state index >= 15 is 0 Å². The van der Waals surface area contributed by atoms with Crippen LogP contribution in [0, 0.1) is 18.8 Å². The summed E-state index contributed by atoms with van der Waals surface area (Å²) in [5.41, 5.74) is 0. The molecule has 1 N–H and O–H groups in total. The van der Waals surface area contributed by atoms with Crippen LogP contribution >= 0.6 is 0 Å². The molecule has 2 fully saturated rings. The summed E-state index contributed by atoms with van der Waals surface area (Å²) in [5.74, 6) is 3.73. The van der Waals surface area contributed by atoms with Crippen molar-refractivity contribution < 1.29 is 4.42 Å². The molecule has 0 saturated heterocycles. The Labute approximate surface area is 83.9 Å². The Balaban J connectivity index is 1.54. The summed E-state index contributed by atoms with van der Waals surface area (Å²) >= 11 is 0. The minimum Gasteiger partial charge on any atom is -0.445 e. The van der Waals surface area contributed by atoms with Gasteiger partial charge in [-0.25, -0.2) is 4.98 Å². The molecule has 0 spiro atoms. The molecule has 2 aliphatic carbocycles. The number of oxazole rings is 1. The van der Waals surface area contributed by atoms with Crippen molar-refractivity contribution in [3.63, 3.8) is 0 Å². The van der Waals surface area contributed by atoms with E-state index in [0.717, 1.165) is 36.1 Å². The predicted octanol–water partition coefficient (Wildman–Crippen LogP) is 1.87. The third-order valence-corrected chi connectivity index (χ3v) is 3.53. The summed E-state index contributed by atoms with van der Waals surface area (Å²) in [5, 5.41) is 3.55. The maximum absolute atomic E-state index is 5.42. The molecule has 2 aliphatic rings. The van der Waals surface area contributed by atoms with Crippen molar-refractivity contribution in [3.8, 4) is 0 Å². The van der Waals surface area contributed by atoms with Gasteiger partial charge in [-0.2, -0.15) is 0 Å². The summed E-state index contributed by atoms with van der Waals surface area (Å²) in [6.07, 6.45) is 6.00. The van der Waals surface area contributed by atoms with Gasteiger partial charge < -0.3 is 9.73 Å². The van der Waals surface area contributed by atoms with Crippen LogP contribution in [0.25, 0.3) is 0 Å². The monoisotopic (exact) mass is 192 g/mol. The number of aryl methyl sites for hydroxylation is 1. The van der Waals surface area contributed by atoms with E-state index in [4.69, 9.17) is 4.42 Å². The van der Waals surface area contributed by atoms with Gasteiger partial charge in [0.05, 0.1) is 12.7 Å². The molecule has 0 radical (unpaired) electrons. The molecule has 2 saturated carbocycles. The fourth-order valence-corrected chi connectivity index (χ4v) is 2.66. The molecule has 0 aliphatic heterocycles. The normalized spacial score (nSPS) is 34.5. The molecular weight excluding hydrogens is 176 g/mol. The van der Waals surface area contributed by atoms with Crippen molar-refractivity contribution in [1.82, 2.24) is 10.3 Å². The zero-order valence-corrected chi connectivity index (χ0v) is 8.49. The average molecular weight is 192 g/mol. The largest absolute Gasteiger partial charge is 0.445 e. The number of hydrogen-bond acceptors (Lipinski definition) is 3. The van der Waals surface area contributed by atoms with Crippen molar-refractivity contribution >= 4 is 0 Å². The Morgan fingerprint density at radius 1 is 1.57 bits per heavy atom. The Morgan fingerprint density at radius 3 is 3.07 bits per heavy atom. The topological polar surface area (TPSA) is 38.1 Å². The molecular formula is C11H16N2O. The zero-order chi connectivity index (χ0) is 9.54. The minimum absolute atomic E-state index is 0.729. The van der Waals surface area contributed by atoms with Gasteiger partial charge in [0.25, 0.3) is 0 Å². The number of rotatable bonds is 3. The summed E-state index contributed by atoms with van der Waals surface area (Å²) in [4.78, 5) is 4.19. The quantitative estimate of drug-likeness (QED) is 0.794. The van der Waals surface area contributed by atoms with E-state index in [1.165, 1.54) is 19.3 Å². The molecule has 1 unspecified atom stereocenters. The van der Waals surface area contributed by atoms with Gasteiger partial charge in [-0.05, 0) is 38.0 Å². The van der Waals surface area contributed by atoms with Crippen LogP contribution in [0.5, 0.6) is 0 Å². The van der Waals surface area contributed by atoms with Gasteiger partial charge >= 0.3 is 0 Å². The molecule has 3 atom stereocenters. The summed E-state index contributed by atoms with van der Waals surface area (Å²) < 4.78 is 5.42. The second-order valence-electron chi connectivity index (χ2n) is 4.59. The van der Waals surface area contributed by atoms with Crippen LogP contribution in [0.1, 0.15) is 30.9 Å². The average Bonchev–Trinajstić information content (AvgIpc) is 2.66. The highest BCUT2D eigenvalue weighted by molar-refractivity contribution is 5.01. The van der Waals surface area contributed by atoms with E-state index in [9.17, 15) is 0 Å². The predicted molar refractivity (Wildman–Crippen MR) is 52.7 cm³/mol. The molecule has 1 aromatic rings. The highest BCUT2D eigenvalue weighted by Gasteiger charge is 2.47. The van der Waals surface area contributed by atoms with Crippen LogP contribution in [-0.4, -0.2) is 11.0 Å². The third kappa shape index (κ3) is 1.46. The first kappa shape index (κ1) is 8.48. The Morgan fingerprint density at radius 2 is 2.50 bits per heavy atom. The summed E-state index contributed by atoms with van der Waals surface area (Å²) in [6, 6.07) is 0.729. The van der Waals surface area contributed by atoms with Crippen molar-refractivity contribution in [2.24, 2.45) is 11.8 Å². The molecule has 0 amide bonds. The minimum atomic E-state index is 0.729. The second-order valence-corrected chi connectivity index (χ2v) is 4.59. The smallest absolute Gasteiger partial charge is 0.208 e. The lowest BCUT2D eigenvalue weighted by Crippen LogP contribution is -2.28. The molecule has 3 heteroatoms. The van der Waals surface area contributed by atoms with E-state index in [2.05, 4.69) is 10.3 Å². The number of fused-ring (bicyclic) bond motifs is 1. The molecule has 1 aromatic heterocycles. The lowest BCUT2D eigenvalue weighted by Gasteiger charge is -2.11. The van der Waals surface area contributed by atoms with E-state index in [1.54, 1.807) is 6.20 Å². The van der Waals surface area contributed by atoms with Crippen LogP contribution in [0.2, 0.25) is 0 Å². The van der Waals surface area contributed by atoms with Gasteiger partial charge in [0, 0.05) is 6.04 Å². The molecule has 14 heavy (non-hydrogen) atoms. The molecule has 3 nitrogen and oxygen atoms in total. The fraction of sp³-hybridized carbons (Fsp3) is 0.727. The van der Waals surface area contributed by atoms with Crippen molar-refractivity contribution in [2.75, 3.05) is 0 Å². The Hall–Kier alpha value is -0.830. The van der Waals surface area contributed by atoms with E-state index in [0.29, 0.717) is 0 Å². The molecule has 76 valence electrons. The zero-order valence-electron chi connectivity index (χ0n) is 8.49. The van der Waals surface area contributed by atoms with Crippen molar-refractivity contribution in [2.45, 2.75) is 38.8 Å². The fourth-order valence-electron chi connectivity index (χ4n) is 2.66. The highest BCUT2D eigenvalue weighted by Crippen LogP contribution is 2.51. The first-order valence-corrected chi connectivity index (χ1v) is 5.47. The highest BCUT2D eigenvalue weighted by atomic mass is 16.4. The van der Waals surface area contributed by atoms with E-state index in [1.807, 2.05) is 6.92 Å². The first-order chi connectivity index (χ1) is 6.83. The number of aromatic nitrogens is 1. The first-order valence-electron chi connectivity index (χ1n) is 5.47. The maximum Gasteiger partial charge on any atom is 0.208 e. The van der Waals surface area contributed by atoms with Gasteiger partial charge in [0.15, 0.2) is 0 Å². The van der Waals surface area contributed by atoms with Crippen molar-refractivity contribution in [1.29, 1.82) is 0 Å². The van der Waals surface area contributed by atoms with Crippen LogP contribution in [0.4, 0.5) is 0 Å². The van der Waals surface area contributed by atoms with Crippen LogP contribution < -0.4 is 5.32 Å². The van der Waals surface area contributed by atoms with Crippen molar-refractivity contribution in [3.05, 3.63) is 17.8 Å². The van der Waals surface area contributed by atoms with Gasteiger partial charge in [-0.3, -0.25) is 0 Å².